The first kappa shape index (κ1) is 13.9. The average Bonchev–Trinajstić information content (AvgIpc) is 2.70. The van der Waals surface area contributed by atoms with Gasteiger partial charge in [0, 0.05) is 30.8 Å². The molecule has 6 heteroatoms. The number of likely N-dealkylation sites (tertiary alicyclic amines) is 1. The minimum absolute atomic E-state index is 0.324. The van der Waals surface area contributed by atoms with Gasteiger partial charge in [0.15, 0.2) is 0 Å². The largest absolute Gasteiger partial charge is 0.389 e. The van der Waals surface area contributed by atoms with Crippen LogP contribution in [0.15, 0.2) is 18.2 Å². The number of hydrogen-bond donors (Lipinski definition) is 3. The number of aliphatic hydroxyl groups is 1. The molecule has 1 saturated heterocycles. The fraction of sp³-hybridized carbons (Fsp3) is 0.462. The first-order valence-electron chi connectivity index (χ1n) is 6.15. The van der Waals surface area contributed by atoms with Gasteiger partial charge < -0.3 is 5.11 Å². The molecule has 0 aliphatic carbocycles. The number of nitrogens with two attached hydrogens (primary N) is 1. The molecule has 0 aromatic heterocycles. The Balaban J connectivity index is 2.14. The van der Waals surface area contributed by atoms with Crippen molar-refractivity contribution in [2.45, 2.75) is 25.5 Å². The van der Waals surface area contributed by atoms with Crippen LogP contribution in [0.4, 0.5) is 4.39 Å². The van der Waals surface area contributed by atoms with E-state index in [0.717, 1.165) is 0 Å². The molecule has 19 heavy (non-hydrogen) atoms. The first-order valence-corrected chi connectivity index (χ1v) is 6.15. The van der Waals surface area contributed by atoms with Crippen LogP contribution in [-0.2, 0) is 6.54 Å². The zero-order valence-electron chi connectivity index (χ0n) is 10.8. The number of hydrazine groups is 1. The number of benzene rings is 1. The van der Waals surface area contributed by atoms with Crippen molar-refractivity contribution >= 4 is 5.91 Å². The Bertz CT molecular complexity index is 491. The third-order valence-corrected chi connectivity index (χ3v) is 3.36. The maximum absolute atomic E-state index is 13.7. The summed E-state index contributed by atoms with van der Waals surface area (Å²) in [6.07, 6.45) is 0.664. The molecular formula is C13H18FN3O2. The lowest BCUT2D eigenvalue weighted by Crippen LogP contribution is -2.31. The van der Waals surface area contributed by atoms with E-state index in [1.54, 1.807) is 6.92 Å². The van der Waals surface area contributed by atoms with Gasteiger partial charge in [-0.05, 0) is 31.5 Å². The zero-order chi connectivity index (χ0) is 14.0. The third-order valence-electron chi connectivity index (χ3n) is 3.36. The van der Waals surface area contributed by atoms with Gasteiger partial charge in [-0.2, -0.15) is 0 Å². The van der Waals surface area contributed by atoms with E-state index in [0.29, 0.717) is 37.2 Å². The van der Waals surface area contributed by atoms with Crippen molar-refractivity contribution in [1.29, 1.82) is 0 Å². The van der Waals surface area contributed by atoms with Crippen LogP contribution < -0.4 is 11.3 Å². The number of amides is 1. The molecular weight excluding hydrogens is 249 g/mol. The topological polar surface area (TPSA) is 78.6 Å². The van der Waals surface area contributed by atoms with Crippen LogP contribution in [0.1, 0.15) is 29.3 Å². The van der Waals surface area contributed by atoms with E-state index >= 15 is 0 Å². The molecule has 1 amide bonds. The number of carbonyl (C=O) groups is 1. The van der Waals surface area contributed by atoms with Crippen LogP contribution in [0.25, 0.3) is 0 Å². The van der Waals surface area contributed by atoms with E-state index in [2.05, 4.69) is 0 Å². The summed E-state index contributed by atoms with van der Waals surface area (Å²) < 4.78 is 13.7. The molecule has 1 unspecified atom stereocenters. The minimum atomic E-state index is -0.720. The Morgan fingerprint density at radius 1 is 1.63 bits per heavy atom. The monoisotopic (exact) mass is 267 g/mol. The number of nitrogen functional groups attached to an aromatic ring is 1. The first-order chi connectivity index (χ1) is 8.91. The Morgan fingerprint density at radius 2 is 2.37 bits per heavy atom. The lowest BCUT2D eigenvalue weighted by molar-refractivity contribution is 0.0677. The van der Waals surface area contributed by atoms with Gasteiger partial charge in [-0.25, -0.2) is 10.2 Å². The summed E-state index contributed by atoms with van der Waals surface area (Å²) in [5.74, 6) is 4.24. The molecule has 1 aliphatic heterocycles. The second-order valence-electron chi connectivity index (χ2n) is 5.24. The van der Waals surface area contributed by atoms with Gasteiger partial charge in [0.25, 0.3) is 5.91 Å². The van der Waals surface area contributed by atoms with E-state index < -0.39 is 11.5 Å². The van der Waals surface area contributed by atoms with Gasteiger partial charge in [0.2, 0.25) is 0 Å². The summed E-state index contributed by atoms with van der Waals surface area (Å²) in [5, 5.41) is 9.88. The minimum Gasteiger partial charge on any atom is -0.389 e. The maximum Gasteiger partial charge on any atom is 0.265 e. The predicted octanol–water partition coefficient (Wildman–Crippen LogP) is 0.386. The summed E-state index contributed by atoms with van der Waals surface area (Å²) >= 11 is 0. The lowest BCUT2D eigenvalue weighted by atomic mass is 10.1. The molecule has 0 saturated carbocycles. The molecule has 1 aromatic rings. The van der Waals surface area contributed by atoms with Crippen molar-refractivity contribution in [2.24, 2.45) is 5.84 Å². The molecule has 4 N–H and O–H groups in total. The van der Waals surface area contributed by atoms with Crippen molar-refractivity contribution in [1.82, 2.24) is 10.3 Å². The van der Waals surface area contributed by atoms with Crippen molar-refractivity contribution < 1.29 is 14.3 Å². The SMILES string of the molecule is CC1(O)CCN(Cc2cc(C(=O)NN)ccc2F)C1. The summed E-state index contributed by atoms with van der Waals surface area (Å²) in [6.45, 7) is 3.34. The fourth-order valence-corrected chi connectivity index (χ4v) is 2.34. The van der Waals surface area contributed by atoms with Crippen molar-refractivity contribution in [3.05, 3.63) is 35.1 Å². The van der Waals surface area contributed by atoms with Crippen LogP contribution in [0.3, 0.4) is 0 Å². The average molecular weight is 267 g/mol. The van der Waals surface area contributed by atoms with E-state index in [1.165, 1.54) is 18.2 Å². The Hall–Kier alpha value is -1.50. The predicted molar refractivity (Wildman–Crippen MR) is 68.6 cm³/mol. The number of hydrogen-bond acceptors (Lipinski definition) is 4. The summed E-state index contributed by atoms with van der Waals surface area (Å²) in [5.41, 5.74) is 2.05. The van der Waals surface area contributed by atoms with Gasteiger partial charge in [-0.3, -0.25) is 15.1 Å². The van der Waals surface area contributed by atoms with Crippen LogP contribution >= 0.6 is 0 Å². The smallest absolute Gasteiger partial charge is 0.265 e. The molecule has 1 fully saturated rings. The highest BCUT2D eigenvalue weighted by Crippen LogP contribution is 2.23. The van der Waals surface area contributed by atoms with Gasteiger partial charge in [-0.15, -0.1) is 0 Å². The molecule has 2 rings (SSSR count). The Morgan fingerprint density at radius 3 is 2.95 bits per heavy atom. The quantitative estimate of drug-likeness (QED) is 0.420. The number of carbonyl (C=O) groups excluding carboxylic acids is 1. The molecule has 0 radical (unpaired) electrons. The van der Waals surface area contributed by atoms with Crippen LogP contribution in [0, 0.1) is 5.82 Å². The summed E-state index contributed by atoms with van der Waals surface area (Å²) in [6, 6.07) is 4.14. The van der Waals surface area contributed by atoms with E-state index in [1.807, 2.05) is 10.3 Å². The number of rotatable bonds is 3. The fourth-order valence-electron chi connectivity index (χ4n) is 2.34. The van der Waals surface area contributed by atoms with Crippen molar-refractivity contribution in [3.8, 4) is 0 Å². The van der Waals surface area contributed by atoms with Crippen LogP contribution in [0.2, 0.25) is 0 Å². The lowest BCUT2D eigenvalue weighted by Gasteiger charge is -2.19. The maximum atomic E-state index is 13.7. The summed E-state index contributed by atoms with van der Waals surface area (Å²) in [7, 11) is 0. The highest BCUT2D eigenvalue weighted by atomic mass is 19.1. The molecule has 1 atom stereocenters. The molecule has 1 heterocycles. The highest BCUT2D eigenvalue weighted by molar-refractivity contribution is 5.93. The number of halogens is 1. The van der Waals surface area contributed by atoms with E-state index in [4.69, 9.17) is 5.84 Å². The van der Waals surface area contributed by atoms with Gasteiger partial charge in [0.05, 0.1) is 5.60 Å². The number of β-amino-alcohol motifs (C(OH)–C–C–N with tert-alkyl or cyclic N) is 1. The second-order valence-corrected chi connectivity index (χ2v) is 5.24. The Kier molecular flexibility index (Phi) is 3.84. The second kappa shape index (κ2) is 5.24. The molecule has 0 bridgehead atoms. The molecule has 1 aromatic carbocycles. The van der Waals surface area contributed by atoms with Crippen LogP contribution in [0.5, 0.6) is 0 Å². The number of nitrogens with zero attached hydrogens (tertiary/aromatic N) is 1. The van der Waals surface area contributed by atoms with Crippen molar-refractivity contribution in [2.75, 3.05) is 13.1 Å². The molecule has 104 valence electrons. The number of nitrogens with one attached hydrogen (secondary N) is 1. The highest BCUT2D eigenvalue weighted by Gasteiger charge is 2.31. The van der Waals surface area contributed by atoms with Crippen LogP contribution in [-0.4, -0.2) is 34.6 Å². The third kappa shape index (κ3) is 3.28. The normalized spacial score (nSPS) is 23.6. The van der Waals surface area contributed by atoms with Gasteiger partial charge >= 0.3 is 0 Å². The standard InChI is InChI=1S/C13H18FN3O2/c1-13(19)4-5-17(8-13)7-10-6-9(12(18)16-15)2-3-11(10)14/h2-3,6,19H,4-5,7-8,15H2,1H3,(H,16,18). The van der Waals surface area contributed by atoms with E-state index in [-0.39, 0.29) is 5.82 Å². The van der Waals surface area contributed by atoms with Gasteiger partial charge in [-0.1, -0.05) is 0 Å². The summed E-state index contributed by atoms with van der Waals surface area (Å²) in [4.78, 5) is 13.4. The van der Waals surface area contributed by atoms with E-state index in [9.17, 15) is 14.3 Å². The molecule has 1 aliphatic rings. The Labute approximate surface area is 111 Å². The molecule has 5 nitrogen and oxygen atoms in total. The van der Waals surface area contributed by atoms with Gasteiger partial charge in [0.1, 0.15) is 5.82 Å². The molecule has 0 spiro atoms. The zero-order valence-corrected chi connectivity index (χ0v) is 10.8. The van der Waals surface area contributed by atoms with Crippen molar-refractivity contribution in [3.63, 3.8) is 0 Å².